The van der Waals surface area contributed by atoms with Crippen LogP contribution in [0.1, 0.15) is 0 Å². The van der Waals surface area contributed by atoms with E-state index in [1.807, 2.05) is 0 Å². The van der Waals surface area contributed by atoms with Gasteiger partial charge >= 0.3 is 0 Å². The zero-order valence-electron chi connectivity index (χ0n) is 11.2. The van der Waals surface area contributed by atoms with Crippen LogP contribution in [0.3, 0.4) is 0 Å². The van der Waals surface area contributed by atoms with E-state index in [0.29, 0.717) is 21.5 Å². The quantitative estimate of drug-likeness (QED) is 0.903. The number of hydrogen-bond acceptors (Lipinski definition) is 3. The summed E-state index contributed by atoms with van der Waals surface area (Å²) in [7, 11) is 1.58. The van der Waals surface area contributed by atoms with Gasteiger partial charge < -0.3 is 14.8 Å². The van der Waals surface area contributed by atoms with Crippen molar-refractivity contribution in [3.8, 4) is 11.5 Å². The van der Waals surface area contributed by atoms with Crippen molar-refractivity contribution in [2.45, 2.75) is 0 Å². The minimum absolute atomic E-state index is 0.136. The van der Waals surface area contributed by atoms with Gasteiger partial charge in [0.15, 0.2) is 6.61 Å². The Morgan fingerprint density at radius 3 is 2.24 bits per heavy atom. The molecule has 0 fully saturated rings. The van der Waals surface area contributed by atoms with E-state index in [1.165, 1.54) is 0 Å². The van der Waals surface area contributed by atoms with Gasteiger partial charge in [0.05, 0.1) is 7.11 Å². The molecule has 2 rings (SSSR count). The van der Waals surface area contributed by atoms with Crippen molar-refractivity contribution in [2.24, 2.45) is 0 Å². The van der Waals surface area contributed by atoms with Crippen LogP contribution in [-0.2, 0) is 4.79 Å². The number of ether oxygens (including phenoxy) is 2. The first-order chi connectivity index (χ1) is 10.1. The van der Waals surface area contributed by atoms with Crippen molar-refractivity contribution >= 4 is 34.8 Å². The van der Waals surface area contributed by atoms with E-state index >= 15 is 0 Å². The molecule has 0 unspecified atom stereocenters. The minimum Gasteiger partial charge on any atom is -0.497 e. The molecular weight excluding hydrogens is 313 g/mol. The second-order valence-electron chi connectivity index (χ2n) is 4.17. The number of nitrogens with one attached hydrogen (secondary N) is 1. The minimum atomic E-state index is -0.281. The summed E-state index contributed by atoms with van der Waals surface area (Å²) in [6, 6.07) is 11.8. The Bertz CT molecular complexity index is 609. The molecule has 0 bridgehead atoms. The van der Waals surface area contributed by atoms with Gasteiger partial charge in [-0.2, -0.15) is 0 Å². The number of benzene rings is 2. The Balaban J connectivity index is 1.89. The summed E-state index contributed by atoms with van der Waals surface area (Å²) >= 11 is 11.7. The predicted molar refractivity (Wildman–Crippen MR) is 83.6 cm³/mol. The molecule has 6 heteroatoms. The maximum absolute atomic E-state index is 11.8. The number of halogens is 2. The number of rotatable bonds is 5. The summed E-state index contributed by atoms with van der Waals surface area (Å²) < 4.78 is 10.4. The molecule has 0 atom stereocenters. The molecule has 4 nitrogen and oxygen atoms in total. The lowest BCUT2D eigenvalue weighted by atomic mass is 10.3. The molecule has 0 saturated carbocycles. The highest BCUT2D eigenvalue weighted by atomic mass is 35.5. The highest BCUT2D eigenvalue weighted by Crippen LogP contribution is 2.24. The van der Waals surface area contributed by atoms with Gasteiger partial charge in [-0.25, -0.2) is 0 Å². The fraction of sp³-hybridized carbons (Fsp3) is 0.133. The van der Waals surface area contributed by atoms with E-state index < -0.39 is 0 Å². The molecule has 1 N–H and O–H groups in total. The third-order valence-electron chi connectivity index (χ3n) is 2.58. The summed E-state index contributed by atoms with van der Waals surface area (Å²) in [5.74, 6) is 0.881. The lowest BCUT2D eigenvalue weighted by molar-refractivity contribution is -0.118. The van der Waals surface area contributed by atoms with Gasteiger partial charge in [0.25, 0.3) is 5.91 Å². The lowest BCUT2D eigenvalue weighted by Crippen LogP contribution is -2.20. The second kappa shape index (κ2) is 7.20. The Morgan fingerprint density at radius 1 is 1.05 bits per heavy atom. The zero-order valence-corrected chi connectivity index (χ0v) is 12.7. The number of anilines is 1. The zero-order chi connectivity index (χ0) is 15.2. The van der Waals surface area contributed by atoms with E-state index in [2.05, 4.69) is 5.32 Å². The van der Waals surface area contributed by atoms with Crippen LogP contribution < -0.4 is 14.8 Å². The van der Waals surface area contributed by atoms with Crippen molar-refractivity contribution in [1.29, 1.82) is 0 Å². The van der Waals surface area contributed by atoms with Crippen molar-refractivity contribution in [1.82, 2.24) is 0 Å². The van der Waals surface area contributed by atoms with Gasteiger partial charge in [0.2, 0.25) is 0 Å². The fourth-order valence-corrected chi connectivity index (χ4v) is 2.14. The number of amides is 1. The maximum atomic E-state index is 11.8. The van der Waals surface area contributed by atoms with E-state index in [0.717, 1.165) is 5.75 Å². The average molecular weight is 326 g/mol. The highest BCUT2D eigenvalue weighted by molar-refractivity contribution is 6.34. The highest BCUT2D eigenvalue weighted by Gasteiger charge is 2.05. The number of hydrogen-bond donors (Lipinski definition) is 1. The Hall–Kier alpha value is -1.91. The van der Waals surface area contributed by atoms with Crippen LogP contribution in [0.2, 0.25) is 10.0 Å². The molecule has 21 heavy (non-hydrogen) atoms. The van der Waals surface area contributed by atoms with E-state index in [4.69, 9.17) is 32.7 Å². The summed E-state index contributed by atoms with van der Waals surface area (Å²) in [4.78, 5) is 11.8. The fourth-order valence-electron chi connectivity index (χ4n) is 1.63. The predicted octanol–water partition coefficient (Wildman–Crippen LogP) is 4.02. The van der Waals surface area contributed by atoms with E-state index in [1.54, 1.807) is 49.6 Å². The normalized spacial score (nSPS) is 10.0. The first-order valence-corrected chi connectivity index (χ1v) is 6.85. The van der Waals surface area contributed by atoms with Gasteiger partial charge in [-0.3, -0.25) is 4.79 Å². The van der Waals surface area contributed by atoms with Crippen LogP contribution in [-0.4, -0.2) is 19.6 Å². The molecule has 0 aromatic heterocycles. The van der Waals surface area contributed by atoms with Crippen molar-refractivity contribution in [3.05, 3.63) is 52.5 Å². The molecule has 0 aliphatic carbocycles. The summed E-state index contributed by atoms with van der Waals surface area (Å²) in [5.41, 5.74) is 0.661. The number of carbonyl (C=O) groups is 1. The van der Waals surface area contributed by atoms with Crippen LogP contribution >= 0.6 is 23.2 Å². The molecule has 2 aromatic rings. The van der Waals surface area contributed by atoms with Crippen molar-refractivity contribution < 1.29 is 14.3 Å². The van der Waals surface area contributed by atoms with E-state index in [-0.39, 0.29) is 12.5 Å². The summed E-state index contributed by atoms with van der Waals surface area (Å²) in [6.45, 7) is -0.136. The van der Waals surface area contributed by atoms with Crippen LogP contribution in [0.5, 0.6) is 11.5 Å². The second-order valence-corrected chi connectivity index (χ2v) is 5.04. The number of carbonyl (C=O) groups excluding carboxylic acids is 1. The molecule has 0 aliphatic rings. The maximum Gasteiger partial charge on any atom is 0.262 e. The van der Waals surface area contributed by atoms with Gasteiger partial charge in [0, 0.05) is 15.7 Å². The SMILES string of the molecule is COc1ccc(NC(=O)COc2cc(Cl)cc(Cl)c2)cc1. The lowest BCUT2D eigenvalue weighted by Gasteiger charge is -2.08. The molecule has 0 aliphatic heterocycles. The van der Waals surface area contributed by atoms with Gasteiger partial charge in [-0.15, -0.1) is 0 Å². The van der Waals surface area contributed by atoms with Crippen LogP contribution in [0.15, 0.2) is 42.5 Å². The van der Waals surface area contributed by atoms with Crippen molar-refractivity contribution in [2.75, 3.05) is 19.0 Å². The smallest absolute Gasteiger partial charge is 0.262 e. The first kappa shape index (κ1) is 15.5. The largest absolute Gasteiger partial charge is 0.497 e. The molecular formula is C15H13Cl2NO3. The van der Waals surface area contributed by atoms with E-state index in [9.17, 15) is 4.79 Å². The Labute approximate surface area is 132 Å². The Morgan fingerprint density at radius 2 is 1.67 bits per heavy atom. The van der Waals surface area contributed by atoms with Crippen LogP contribution in [0, 0.1) is 0 Å². The van der Waals surface area contributed by atoms with Crippen LogP contribution in [0.4, 0.5) is 5.69 Å². The monoisotopic (exact) mass is 325 g/mol. The molecule has 0 heterocycles. The van der Waals surface area contributed by atoms with Gasteiger partial charge in [-0.1, -0.05) is 23.2 Å². The molecule has 0 spiro atoms. The summed E-state index contributed by atoms with van der Waals surface area (Å²) in [6.07, 6.45) is 0. The standard InChI is InChI=1S/C15H13Cl2NO3/c1-20-13-4-2-12(3-5-13)18-15(19)9-21-14-7-10(16)6-11(17)8-14/h2-8H,9H2,1H3,(H,18,19). The molecule has 0 saturated heterocycles. The number of methoxy groups -OCH3 is 1. The van der Waals surface area contributed by atoms with Gasteiger partial charge in [-0.05, 0) is 42.5 Å². The molecule has 1 amide bonds. The first-order valence-electron chi connectivity index (χ1n) is 6.09. The molecule has 110 valence electrons. The molecule has 0 radical (unpaired) electrons. The average Bonchev–Trinajstić information content (AvgIpc) is 2.45. The summed E-state index contributed by atoms with van der Waals surface area (Å²) in [5, 5.41) is 3.61. The third kappa shape index (κ3) is 4.85. The third-order valence-corrected chi connectivity index (χ3v) is 3.02. The van der Waals surface area contributed by atoms with Crippen LogP contribution in [0.25, 0.3) is 0 Å². The topological polar surface area (TPSA) is 47.6 Å². The van der Waals surface area contributed by atoms with Gasteiger partial charge in [0.1, 0.15) is 11.5 Å². The molecule has 2 aromatic carbocycles. The Kier molecular flexibility index (Phi) is 5.31. The van der Waals surface area contributed by atoms with Crippen molar-refractivity contribution in [3.63, 3.8) is 0 Å².